The Labute approximate surface area is 106 Å². The van der Waals surface area contributed by atoms with E-state index in [-0.39, 0.29) is 12.5 Å². The van der Waals surface area contributed by atoms with Crippen LogP contribution in [0.3, 0.4) is 0 Å². The third-order valence-electron chi connectivity index (χ3n) is 2.64. The lowest BCUT2D eigenvalue weighted by Crippen LogP contribution is -2.44. The number of carbonyl (C=O) groups excluding carboxylic acids is 1. The van der Waals surface area contributed by atoms with Crippen molar-refractivity contribution < 1.29 is 14.7 Å². The van der Waals surface area contributed by atoms with Gasteiger partial charge in [0.1, 0.15) is 0 Å². The summed E-state index contributed by atoms with van der Waals surface area (Å²) in [4.78, 5) is 22.2. The zero-order valence-electron chi connectivity index (χ0n) is 10.3. The Morgan fingerprint density at radius 2 is 1.94 bits per heavy atom. The Kier molecular flexibility index (Phi) is 5.32. The average molecular weight is 250 g/mol. The van der Waals surface area contributed by atoms with Gasteiger partial charge < -0.3 is 16.2 Å². The first-order valence-corrected chi connectivity index (χ1v) is 5.80. The molecule has 98 valence electrons. The van der Waals surface area contributed by atoms with Crippen LogP contribution in [0, 0.1) is 5.92 Å². The first kappa shape index (κ1) is 14.2. The number of hydrogen-bond acceptors (Lipinski definition) is 3. The molecule has 0 aromatic heterocycles. The van der Waals surface area contributed by atoms with Crippen LogP contribution >= 0.6 is 0 Å². The Balaban J connectivity index is 2.40. The molecule has 1 amide bonds. The van der Waals surface area contributed by atoms with Crippen molar-refractivity contribution in [2.24, 2.45) is 11.7 Å². The van der Waals surface area contributed by atoms with Crippen molar-refractivity contribution in [1.82, 2.24) is 5.32 Å². The van der Waals surface area contributed by atoms with Gasteiger partial charge in [-0.1, -0.05) is 37.3 Å². The number of nitrogens with two attached hydrogens (primary N) is 1. The molecule has 5 heteroatoms. The van der Waals surface area contributed by atoms with Crippen molar-refractivity contribution in [3.05, 3.63) is 35.9 Å². The minimum absolute atomic E-state index is 0.0939. The van der Waals surface area contributed by atoms with Gasteiger partial charge in [-0.2, -0.15) is 0 Å². The van der Waals surface area contributed by atoms with Gasteiger partial charge in [-0.25, -0.2) is 0 Å². The maximum absolute atomic E-state index is 11.6. The third kappa shape index (κ3) is 4.55. The number of amides is 1. The Morgan fingerprint density at radius 1 is 1.33 bits per heavy atom. The molecule has 0 saturated heterocycles. The fourth-order valence-corrected chi connectivity index (χ4v) is 1.43. The predicted molar refractivity (Wildman–Crippen MR) is 67.9 cm³/mol. The zero-order valence-corrected chi connectivity index (χ0v) is 10.3. The third-order valence-corrected chi connectivity index (χ3v) is 2.64. The highest BCUT2D eigenvalue weighted by Crippen LogP contribution is 2.02. The van der Waals surface area contributed by atoms with E-state index in [2.05, 4.69) is 5.32 Å². The summed E-state index contributed by atoms with van der Waals surface area (Å²) in [5, 5.41) is 11.2. The average Bonchev–Trinajstić information content (AvgIpc) is 2.36. The number of nitrogens with one attached hydrogen (secondary N) is 1. The molecule has 0 radical (unpaired) electrons. The number of rotatable bonds is 6. The summed E-state index contributed by atoms with van der Waals surface area (Å²) in [5.74, 6) is -1.88. The second kappa shape index (κ2) is 6.76. The van der Waals surface area contributed by atoms with Gasteiger partial charge in [-0.05, 0) is 12.0 Å². The summed E-state index contributed by atoms with van der Waals surface area (Å²) in [5.41, 5.74) is 6.73. The van der Waals surface area contributed by atoms with Crippen LogP contribution in [0.4, 0.5) is 0 Å². The van der Waals surface area contributed by atoms with Crippen molar-refractivity contribution in [2.75, 3.05) is 6.54 Å². The molecule has 4 N–H and O–H groups in total. The molecular weight excluding hydrogens is 232 g/mol. The van der Waals surface area contributed by atoms with Crippen molar-refractivity contribution in [2.45, 2.75) is 19.4 Å². The van der Waals surface area contributed by atoms with E-state index in [0.29, 0.717) is 6.42 Å². The summed E-state index contributed by atoms with van der Waals surface area (Å²) in [6.45, 7) is 1.63. The predicted octanol–water partition coefficient (Wildman–Crippen LogP) is 0.393. The number of carboxylic acids is 1. The maximum atomic E-state index is 11.6. The van der Waals surface area contributed by atoms with Gasteiger partial charge in [-0.15, -0.1) is 0 Å². The van der Waals surface area contributed by atoms with Crippen molar-refractivity contribution in [3.8, 4) is 0 Å². The van der Waals surface area contributed by atoms with Crippen LogP contribution in [0.15, 0.2) is 30.3 Å². The molecule has 1 unspecified atom stereocenters. The van der Waals surface area contributed by atoms with Crippen LogP contribution in [-0.2, 0) is 16.0 Å². The summed E-state index contributed by atoms with van der Waals surface area (Å²) < 4.78 is 0. The monoisotopic (exact) mass is 250 g/mol. The Morgan fingerprint density at radius 3 is 2.50 bits per heavy atom. The topological polar surface area (TPSA) is 92.4 Å². The molecule has 0 aliphatic heterocycles. The van der Waals surface area contributed by atoms with Gasteiger partial charge in [0, 0.05) is 6.54 Å². The molecule has 18 heavy (non-hydrogen) atoms. The number of aliphatic carboxylic acids is 1. The lowest BCUT2D eigenvalue weighted by Gasteiger charge is -2.13. The van der Waals surface area contributed by atoms with E-state index in [0.717, 1.165) is 5.56 Å². The SMILES string of the molecule is CC(CNC(=O)[C@@H](N)Cc1ccccc1)C(=O)O. The number of carboxylic acid groups (broad SMARTS) is 1. The van der Waals surface area contributed by atoms with Crippen LogP contribution in [0.25, 0.3) is 0 Å². The molecule has 0 fully saturated rings. The Hall–Kier alpha value is -1.88. The van der Waals surface area contributed by atoms with Gasteiger partial charge in [0.15, 0.2) is 0 Å². The van der Waals surface area contributed by atoms with Crippen molar-refractivity contribution in [3.63, 3.8) is 0 Å². The van der Waals surface area contributed by atoms with Crippen molar-refractivity contribution >= 4 is 11.9 Å². The molecule has 0 aliphatic carbocycles. The van der Waals surface area contributed by atoms with Gasteiger partial charge in [-0.3, -0.25) is 9.59 Å². The molecule has 5 nitrogen and oxygen atoms in total. The van der Waals surface area contributed by atoms with Gasteiger partial charge in [0.05, 0.1) is 12.0 Å². The van der Waals surface area contributed by atoms with Gasteiger partial charge >= 0.3 is 5.97 Å². The number of carbonyl (C=O) groups is 2. The quantitative estimate of drug-likeness (QED) is 0.681. The highest BCUT2D eigenvalue weighted by atomic mass is 16.4. The van der Waals surface area contributed by atoms with Crippen LogP contribution in [0.5, 0.6) is 0 Å². The summed E-state index contributed by atoms with van der Waals surface area (Å²) in [6, 6.07) is 8.79. The van der Waals surface area contributed by atoms with E-state index in [1.54, 1.807) is 0 Å². The molecule has 2 atom stereocenters. The van der Waals surface area contributed by atoms with E-state index in [1.165, 1.54) is 6.92 Å². The first-order chi connectivity index (χ1) is 8.50. The molecule has 0 saturated carbocycles. The van der Waals surface area contributed by atoms with Crippen LogP contribution in [-0.4, -0.2) is 29.6 Å². The maximum Gasteiger partial charge on any atom is 0.308 e. The minimum Gasteiger partial charge on any atom is -0.481 e. The lowest BCUT2D eigenvalue weighted by molar-refractivity contribution is -0.141. The number of benzene rings is 1. The molecule has 0 spiro atoms. The van der Waals surface area contributed by atoms with Crippen LogP contribution < -0.4 is 11.1 Å². The second-order valence-corrected chi connectivity index (χ2v) is 4.28. The zero-order chi connectivity index (χ0) is 13.5. The molecule has 0 heterocycles. The summed E-state index contributed by atoms with van der Waals surface area (Å²) in [7, 11) is 0. The van der Waals surface area contributed by atoms with E-state index in [4.69, 9.17) is 10.8 Å². The molecule has 0 bridgehead atoms. The van der Waals surface area contributed by atoms with E-state index < -0.39 is 17.9 Å². The molecule has 1 rings (SSSR count). The fourth-order valence-electron chi connectivity index (χ4n) is 1.43. The van der Waals surface area contributed by atoms with Crippen molar-refractivity contribution in [1.29, 1.82) is 0 Å². The van der Waals surface area contributed by atoms with E-state index in [1.807, 2.05) is 30.3 Å². The smallest absolute Gasteiger partial charge is 0.308 e. The lowest BCUT2D eigenvalue weighted by atomic mass is 10.1. The Bertz CT molecular complexity index is 406. The molecule has 1 aromatic carbocycles. The van der Waals surface area contributed by atoms with E-state index >= 15 is 0 Å². The highest BCUT2D eigenvalue weighted by Gasteiger charge is 2.16. The highest BCUT2D eigenvalue weighted by molar-refractivity contribution is 5.82. The normalized spacial score (nSPS) is 13.7. The van der Waals surface area contributed by atoms with Crippen LogP contribution in [0.2, 0.25) is 0 Å². The second-order valence-electron chi connectivity index (χ2n) is 4.28. The first-order valence-electron chi connectivity index (χ1n) is 5.80. The van der Waals surface area contributed by atoms with Gasteiger partial charge in [0.25, 0.3) is 0 Å². The van der Waals surface area contributed by atoms with Crippen LogP contribution in [0.1, 0.15) is 12.5 Å². The molecule has 0 aliphatic rings. The van der Waals surface area contributed by atoms with E-state index in [9.17, 15) is 9.59 Å². The minimum atomic E-state index is -0.938. The number of hydrogen-bond donors (Lipinski definition) is 3. The molecular formula is C13H18N2O3. The standard InChI is InChI=1S/C13H18N2O3/c1-9(13(17)18)8-15-12(16)11(14)7-10-5-3-2-4-6-10/h2-6,9,11H,7-8,14H2,1H3,(H,15,16)(H,17,18)/t9?,11-/m0/s1. The van der Waals surface area contributed by atoms with Gasteiger partial charge in [0.2, 0.25) is 5.91 Å². The summed E-state index contributed by atoms with van der Waals surface area (Å²) >= 11 is 0. The summed E-state index contributed by atoms with van der Waals surface area (Å²) in [6.07, 6.45) is 0.439. The molecule has 1 aromatic rings. The largest absolute Gasteiger partial charge is 0.481 e. The fraction of sp³-hybridized carbons (Fsp3) is 0.385.